The summed E-state index contributed by atoms with van der Waals surface area (Å²) in [7, 11) is 0. The highest BCUT2D eigenvalue weighted by atomic mass is 15.2. The molecule has 1 aliphatic carbocycles. The van der Waals surface area contributed by atoms with Crippen LogP contribution in [0.3, 0.4) is 0 Å². The molecule has 17 heavy (non-hydrogen) atoms. The van der Waals surface area contributed by atoms with Gasteiger partial charge in [0.2, 0.25) is 0 Å². The van der Waals surface area contributed by atoms with E-state index in [0.29, 0.717) is 12.1 Å². The van der Waals surface area contributed by atoms with Crippen molar-refractivity contribution in [1.82, 2.24) is 10.2 Å². The lowest BCUT2D eigenvalue weighted by atomic mass is 9.75. The molecule has 2 aliphatic rings. The lowest BCUT2D eigenvalue weighted by Crippen LogP contribution is -2.49. The molecule has 0 aromatic carbocycles. The van der Waals surface area contributed by atoms with Crippen LogP contribution in [-0.4, -0.2) is 36.6 Å². The van der Waals surface area contributed by atoms with Gasteiger partial charge in [0.25, 0.3) is 0 Å². The van der Waals surface area contributed by atoms with Gasteiger partial charge >= 0.3 is 0 Å². The summed E-state index contributed by atoms with van der Waals surface area (Å²) in [5, 5.41) is 3.57. The Bertz CT molecular complexity index is 227. The molecule has 0 radical (unpaired) electrons. The third-order valence-corrected chi connectivity index (χ3v) is 4.77. The molecule has 100 valence electrons. The molecule has 0 aromatic rings. The van der Waals surface area contributed by atoms with Gasteiger partial charge in [-0.25, -0.2) is 0 Å². The van der Waals surface area contributed by atoms with E-state index in [4.69, 9.17) is 0 Å². The minimum Gasteiger partial charge on any atom is -0.313 e. The van der Waals surface area contributed by atoms with Crippen molar-refractivity contribution in [3.8, 4) is 0 Å². The van der Waals surface area contributed by atoms with Gasteiger partial charge < -0.3 is 5.32 Å². The van der Waals surface area contributed by atoms with Gasteiger partial charge in [-0.2, -0.15) is 0 Å². The van der Waals surface area contributed by atoms with E-state index in [0.717, 1.165) is 18.4 Å². The number of hydrogen-bond acceptors (Lipinski definition) is 2. The highest BCUT2D eigenvalue weighted by Gasteiger charge is 2.32. The van der Waals surface area contributed by atoms with Crippen molar-refractivity contribution in [3.63, 3.8) is 0 Å². The van der Waals surface area contributed by atoms with Crippen LogP contribution < -0.4 is 5.32 Å². The Morgan fingerprint density at radius 1 is 1.06 bits per heavy atom. The maximum Gasteiger partial charge on any atom is 0.0192 e. The highest BCUT2D eigenvalue weighted by molar-refractivity contribution is 4.86. The van der Waals surface area contributed by atoms with Gasteiger partial charge in [0.1, 0.15) is 0 Å². The Hall–Kier alpha value is -0.0800. The molecule has 1 aliphatic heterocycles. The minimum absolute atomic E-state index is 0.615. The number of nitrogens with zero attached hydrogens (tertiary/aromatic N) is 1. The zero-order chi connectivity index (χ0) is 12.3. The molecule has 2 rings (SSSR count). The van der Waals surface area contributed by atoms with Crippen LogP contribution in [0.25, 0.3) is 0 Å². The minimum atomic E-state index is 0.615. The van der Waals surface area contributed by atoms with E-state index < -0.39 is 0 Å². The standard InChI is InChI=1S/C15H30N2/c1-12(2)16-10-13(3)17-9-8-14-6-4-5-7-15(14)11-17/h12-16H,4-11H2,1-3H3. The molecule has 2 nitrogen and oxygen atoms in total. The van der Waals surface area contributed by atoms with Crippen LogP contribution in [0.15, 0.2) is 0 Å². The summed E-state index contributed by atoms with van der Waals surface area (Å²) in [5.74, 6) is 2.07. The van der Waals surface area contributed by atoms with Crippen LogP contribution in [-0.2, 0) is 0 Å². The number of piperidine rings is 1. The van der Waals surface area contributed by atoms with E-state index >= 15 is 0 Å². The summed E-state index contributed by atoms with van der Waals surface area (Å²) in [6.45, 7) is 10.7. The lowest BCUT2D eigenvalue weighted by Gasteiger charge is -2.43. The first-order chi connectivity index (χ1) is 8.16. The van der Waals surface area contributed by atoms with Crippen molar-refractivity contribution < 1.29 is 0 Å². The van der Waals surface area contributed by atoms with Crippen LogP contribution in [0.5, 0.6) is 0 Å². The number of nitrogens with one attached hydrogen (secondary N) is 1. The predicted molar refractivity (Wildman–Crippen MR) is 74.2 cm³/mol. The number of hydrogen-bond donors (Lipinski definition) is 1. The fourth-order valence-electron chi connectivity index (χ4n) is 3.56. The van der Waals surface area contributed by atoms with Crippen LogP contribution in [0, 0.1) is 11.8 Å². The zero-order valence-corrected chi connectivity index (χ0v) is 11.9. The van der Waals surface area contributed by atoms with Gasteiger partial charge in [0.15, 0.2) is 0 Å². The fraction of sp³-hybridized carbons (Fsp3) is 1.00. The molecular weight excluding hydrogens is 208 g/mol. The number of rotatable bonds is 4. The Morgan fingerprint density at radius 2 is 1.76 bits per heavy atom. The summed E-state index contributed by atoms with van der Waals surface area (Å²) in [6, 6.07) is 1.32. The molecule has 1 N–H and O–H groups in total. The monoisotopic (exact) mass is 238 g/mol. The first-order valence-electron chi connectivity index (χ1n) is 7.64. The average Bonchev–Trinajstić information content (AvgIpc) is 2.35. The van der Waals surface area contributed by atoms with Crippen molar-refractivity contribution in [3.05, 3.63) is 0 Å². The molecule has 1 saturated heterocycles. The zero-order valence-electron chi connectivity index (χ0n) is 11.9. The second kappa shape index (κ2) is 6.19. The van der Waals surface area contributed by atoms with Crippen LogP contribution in [0.1, 0.15) is 52.9 Å². The maximum absolute atomic E-state index is 3.57. The highest BCUT2D eigenvalue weighted by Crippen LogP contribution is 2.36. The molecule has 0 spiro atoms. The summed E-state index contributed by atoms with van der Waals surface area (Å²) in [4.78, 5) is 2.72. The Labute approximate surface area is 107 Å². The normalized spacial score (nSPS) is 32.5. The van der Waals surface area contributed by atoms with Crippen molar-refractivity contribution in [2.75, 3.05) is 19.6 Å². The van der Waals surface area contributed by atoms with E-state index in [9.17, 15) is 0 Å². The first kappa shape index (κ1) is 13.4. The van der Waals surface area contributed by atoms with Crippen LogP contribution in [0.2, 0.25) is 0 Å². The van der Waals surface area contributed by atoms with Gasteiger partial charge in [-0.15, -0.1) is 0 Å². The van der Waals surface area contributed by atoms with Crippen molar-refractivity contribution in [1.29, 1.82) is 0 Å². The molecular formula is C15H30N2. The molecule has 2 heteroatoms. The van der Waals surface area contributed by atoms with Crippen molar-refractivity contribution in [2.45, 2.75) is 65.0 Å². The van der Waals surface area contributed by atoms with Crippen molar-refractivity contribution >= 4 is 0 Å². The van der Waals surface area contributed by atoms with Crippen LogP contribution in [0.4, 0.5) is 0 Å². The number of likely N-dealkylation sites (tertiary alicyclic amines) is 1. The summed E-state index contributed by atoms with van der Waals surface area (Å²) < 4.78 is 0. The molecule has 2 fully saturated rings. The van der Waals surface area contributed by atoms with Crippen LogP contribution >= 0.6 is 0 Å². The van der Waals surface area contributed by atoms with E-state index in [1.54, 1.807) is 0 Å². The maximum atomic E-state index is 3.57. The SMILES string of the molecule is CC(C)NCC(C)N1CCC2CCCCC2C1. The van der Waals surface area contributed by atoms with Crippen molar-refractivity contribution in [2.24, 2.45) is 11.8 Å². The molecule has 0 amide bonds. The quantitative estimate of drug-likeness (QED) is 0.810. The van der Waals surface area contributed by atoms with Gasteiger partial charge in [0.05, 0.1) is 0 Å². The summed E-state index contributed by atoms with van der Waals surface area (Å²) in [6.07, 6.45) is 7.43. The summed E-state index contributed by atoms with van der Waals surface area (Å²) >= 11 is 0. The van der Waals surface area contributed by atoms with Gasteiger partial charge in [-0.1, -0.05) is 33.1 Å². The van der Waals surface area contributed by atoms with Gasteiger partial charge in [-0.05, 0) is 38.1 Å². The van der Waals surface area contributed by atoms with E-state index in [1.165, 1.54) is 45.2 Å². The smallest absolute Gasteiger partial charge is 0.0192 e. The van der Waals surface area contributed by atoms with E-state index in [2.05, 4.69) is 31.0 Å². The Kier molecular flexibility index (Phi) is 4.87. The largest absolute Gasteiger partial charge is 0.313 e. The van der Waals surface area contributed by atoms with Gasteiger partial charge in [0, 0.05) is 25.2 Å². The van der Waals surface area contributed by atoms with Gasteiger partial charge in [-0.3, -0.25) is 4.90 Å². The number of fused-ring (bicyclic) bond motifs is 1. The molecule has 1 heterocycles. The van der Waals surface area contributed by atoms with E-state index in [1.807, 2.05) is 0 Å². The Morgan fingerprint density at radius 3 is 2.47 bits per heavy atom. The third kappa shape index (κ3) is 3.69. The molecule has 0 aromatic heterocycles. The summed E-state index contributed by atoms with van der Waals surface area (Å²) in [5.41, 5.74) is 0. The van der Waals surface area contributed by atoms with E-state index in [-0.39, 0.29) is 0 Å². The lowest BCUT2D eigenvalue weighted by molar-refractivity contribution is 0.0612. The topological polar surface area (TPSA) is 15.3 Å². The molecule has 3 atom stereocenters. The third-order valence-electron chi connectivity index (χ3n) is 4.77. The fourth-order valence-corrected chi connectivity index (χ4v) is 3.56. The second-order valence-electron chi connectivity index (χ2n) is 6.50. The first-order valence-corrected chi connectivity index (χ1v) is 7.64. The Balaban J connectivity index is 1.78. The molecule has 1 saturated carbocycles. The second-order valence-corrected chi connectivity index (χ2v) is 6.50. The average molecular weight is 238 g/mol. The molecule has 0 bridgehead atoms. The predicted octanol–water partition coefficient (Wildman–Crippen LogP) is 2.89. The molecule has 3 unspecified atom stereocenters.